The number of rotatable bonds is 2. The van der Waals surface area contributed by atoms with Gasteiger partial charge in [0, 0.05) is 16.1 Å². The molecule has 0 atom stereocenters. The van der Waals surface area contributed by atoms with Crippen LogP contribution in [-0.4, -0.2) is 25.2 Å². The summed E-state index contributed by atoms with van der Waals surface area (Å²) in [6.07, 6.45) is 1.79. The number of aromatic amines is 1. The van der Waals surface area contributed by atoms with Crippen molar-refractivity contribution in [1.29, 1.82) is 0 Å². The van der Waals surface area contributed by atoms with Gasteiger partial charge in [-0.2, -0.15) is 0 Å². The second-order valence-electron chi connectivity index (χ2n) is 3.20. The van der Waals surface area contributed by atoms with Gasteiger partial charge in [-0.1, -0.05) is 15.9 Å². The van der Waals surface area contributed by atoms with Crippen molar-refractivity contribution in [2.75, 3.05) is 14.2 Å². The molecule has 1 aromatic carbocycles. The Labute approximate surface area is 101 Å². The maximum absolute atomic E-state index is 11.6. The molecular weight excluding hydrogens is 274 g/mol. The molecular formula is C11H10BrNO3. The zero-order valence-corrected chi connectivity index (χ0v) is 10.4. The van der Waals surface area contributed by atoms with Crippen molar-refractivity contribution in [3.8, 4) is 5.75 Å². The van der Waals surface area contributed by atoms with Crippen LogP contribution in [0, 0.1) is 0 Å². The maximum Gasteiger partial charge on any atom is 0.341 e. The number of carbonyl (C=O) groups is 1. The average Bonchev–Trinajstić information content (AvgIpc) is 2.77. The number of benzene rings is 1. The number of halogens is 1. The highest BCUT2D eigenvalue weighted by Gasteiger charge is 2.18. The van der Waals surface area contributed by atoms with Crippen molar-refractivity contribution in [1.82, 2.24) is 4.98 Å². The summed E-state index contributed by atoms with van der Waals surface area (Å²) in [5.41, 5.74) is 1.17. The number of ether oxygens (including phenoxy) is 2. The smallest absolute Gasteiger partial charge is 0.341 e. The van der Waals surface area contributed by atoms with Gasteiger partial charge in [0.15, 0.2) is 5.75 Å². The molecule has 2 aromatic rings. The lowest BCUT2D eigenvalue weighted by atomic mass is 10.1. The lowest BCUT2D eigenvalue weighted by Gasteiger charge is -2.09. The molecule has 0 saturated carbocycles. The highest BCUT2D eigenvalue weighted by molar-refractivity contribution is 9.10. The third-order valence-electron chi connectivity index (χ3n) is 2.36. The third kappa shape index (κ3) is 1.57. The maximum atomic E-state index is 11.6. The summed E-state index contributed by atoms with van der Waals surface area (Å²) in [5, 5.41) is 0.963. The summed E-state index contributed by atoms with van der Waals surface area (Å²) in [5.74, 6) is 0.0732. The Morgan fingerprint density at radius 2 is 2.19 bits per heavy atom. The predicted molar refractivity (Wildman–Crippen MR) is 63.9 cm³/mol. The first-order valence-corrected chi connectivity index (χ1v) is 5.40. The standard InChI is InChI=1S/C11H10BrNO3/c1-15-10-7(11(14)16-2)5-8(12)6-3-4-13-9(6)10/h3-5,13H,1-2H3. The average molecular weight is 284 g/mol. The fourth-order valence-corrected chi connectivity index (χ4v) is 2.19. The minimum atomic E-state index is -0.422. The van der Waals surface area contributed by atoms with Crippen molar-refractivity contribution in [2.45, 2.75) is 0 Å². The van der Waals surface area contributed by atoms with E-state index in [1.54, 1.807) is 12.3 Å². The molecule has 5 heteroatoms. The summed E-state index contributed by atoms with van der Waals surface area (Å²) >= 11 is 3.40. The number of fused-ring (bicyclic) bond motifs is 1. The van der Waals surface area contributed by atoms with E-state index in [9.17, 15) is 4.79 Å². The van der Waals surface area contributed by atoms with Gasteiger partial charge in [-0.3, -0.25) is 0 Å². The van der Waals surface area contributed by atoms with E-state index >= 15 is 0 Å². The van der Waals surface area contributed by atoms with Crippen LogP contribution in [0.3, 0.4) is 0 Å². The molecule has 0 saturated heterocycles. The number of hydrogen-bond donors (Lipinski definition) is 1. The van der Waals surface area contributed by atoms with Gasteiger partial charge in [0.1, 0.15) is 5.56 Å². The van der Waals surface area contributed by atoms with Crippen LogP contribution in [0.5, 0.6) is 5.75 Å². The number of methoxy groups -OCH3 is 2. The Hall–Kier alpha value is -1.49. The largest absolute Gasteiger partial charge is 0.494 e. The van der Waals surface area contributed by atoms with Crippen LogP contribution in [0.4, 0.5) is 0 Å². The van der Waals surface area contributed by atoms with E-state index in [0.29, 0.717) is 11.3 Å². The first-order valence-electron chi connectivity index (χ1n) is 4.61. The van der Waals surface area contributed by atoms with Gasteiger partial charge >= 0.3 is 5.97 Å². The van der Waals surface area contributed by atoms with Crippen molar-refractivity contribution < 1.29 is 14.3 Å². The molecule has 0 aliphatic heterocycles. The zero-order chi connectivity index (χ0) is 11.7. The monoisotopic (exact) mass is 283 g/mol. The van der Waals surface area contributed by atoms with Gasteiger partial charge in [-0.25, -0.2) is 4.79 Å². The zero-order valence-electron chi connectivity index (χ0n) is 8.83. The minimum Gasteiger partial charge on any atom is -0.494 e. The van der Waals surface area contributed by atoms with E-state index in [1.165, 1.54) is 14.2 Å². The first-order chi connectivity index (χ1) is 7.69. The molecule has 1 aromatic heterocycles. The molecule has 2 rings (SSSR count). The number of H-pyrrole nitrogens is 1. The molecule has 0 amide bonds. The molecule has 0 aliphatic carbocycles. The van der Waals surface area contributed by atoms with Crippen LogP contribution < -0.4 is 4.74 Å². The highest BCUT2D eigenvalue weighted by Crippen LogP contribution is 2.34. The summed E-state index contributed by atoms with van der Waals surface area (Å²) in [6.45, 7) is 0. The molecule has 1 heterocycles. The highest BCUT2D eigenvalue weighted by atomic mass is 79.9. The van der Waals surface area contributed by atoms with Gasteiger partial charge in [-0.15, -0.1) is 0 Å². The van der Waals surface area contributed by atoms with Gasteiger partial charge in [0.05, 0.1) is 19.7 Å². The quantitative estimate of drug-likeness (QED) is 0.863. The van der Waals surface area contributed by atoms with Gasteiger partial charge in [0.2, 0.25) is 0 Å². The number of nitrogens with one attached hydrogen (secondary N) is 1. The second-order valence-corrected chi connectivity index (χ2v) is 4.05. The Balaban J connectivity index is 2.78. The van der Waals surface area contributed by atoms with Crippen molar-refractivity contribution in [3.63, 3.8) is 0 Å². The molecule has 1 N–H and O–H groups in total. The molecule has 0 unspecified atom stereocenters. The van der Waals surface area contributed by atoms with Gasteiger partial charge in [-0.05, 0) is 12.1 Å². The number of aromatic nitrogens is 1. The van der Waals surface area contributed by atoms with Crippen LogP contribution in [-0.2, 0) is 4.74 Å². The van der Waals surface area contributed by atoms with Crippen LogP contribution in [0.15, 0.2) is 22.8 Å². The molecule has 0 fully saturated rings. The summed E-state index contributed by atoms with van der Waals surface area (Å²) < 4.78 is 10.8. The Morgan fingerprint density at radius 3 is 2.81 bits per heavy atom. The summed E-state index contributed by atoms with van der Waals surface area (Å²) in [6, 6.07) is 3.60. The van der Waals surface area contributed by atoms with E-state index in [4.69, 9.17) is 9.47 Å². The molecule has 0 aliphatic rings. The van der Waals surface area contributed by atoms with E-state index < -0.39 is 5.97 Å². The Morgan fingerprint density at radius 1 is 1.44 bits per heavy atom. The van der Waals surface area contributed by atoms with Gasteiger partial charge in [0.25, 0.3) is 0 Å². The summed E-state index contributed by atoms with van der Waals surface area (Å²) in [4.78, 5) is 14.6. The fraction of sp³-hybridized carbons (Fsp3) is 0.182. The Bertz CT molecular complexity index is 547. The predicted octanol–water partition coefficient (Wildman–Crippen LogP) is 2.73. The van der Waals surface area contributed by atoms with Crippen LogP contribution >= 0.6 is 15.9 Å². The van der Waals surface area contributed by atoms with Crippen LogP contribution in [0.1, 0.15) is 10.4 Å². The molecule has 4 nitrogen and oxygen atoms in total. The Kier molecular flexibility index (Phi) is 2.87. The third-order valence-corrected chi connectivity index (χ3v) is 3.01. The van der Waals surface area contributed by atoms with E-state index in [-0.39, 0.29) is 0 Å². The topological polar surface area (TPSA) is 51.3 Å². The van der Waals surface area contributed by atoms with E-state index in [2.05, 4.69) is 20.9 Å². The van der Waals surface area contributed by atoms with Crippen molar-refractivity contribution in [3.05, 3.63) is 28.4 Å². The fourth-order valence-electron chi connectivity index (χ4n) is 1.63. The first kappa shape index (κ1) is 11.0. The SMILES string of the molecule is COC(=O)c1cc(Br)c2cc[nH]c2c1OC. The second kappa shape index (κ2) is 4.17. The van der Waals surface area contributed by atoms with Crippen LogP contribution in [0.25, 0.3) is 10.9 Å². The van der Waals surface area contributed by atoms with Crippen LogP contribution in [0.2, 0.25) is 0 Å². The van der Waals surface area contributed by atoms with E-state index in [1.807, 2.05) is 6.07 Å². The molecule has 16 heavy (non-hydrogen) atoms. The molecule has 0 bridgehead atoms. The molecule has 0 radical (unpaired) electrons. The number of esters is 1. The lowest BCUT2D eigenvalue weighted by molar-refractivity contribution is 0.0597. The van der Waals surface area contributed by atoms with Crippen molar-refractivity contribution >= 4 is 32.8 Å². The molecule has 84 valence electrons. The number of hydrogen-bond acceptors (Lipinski definition) is 3. The normalized spacial score (nSPS) is 10.4. The lowest BCUT2D eigenvalue weighted by Crippen LogP contribution is -2.04. The summed E-state index contributed by atoms with van der Waals surface area (Å²) in [7, 11) is 2.87. The van der Waals surface area contributed by atoms with E-state index in [0.717, 1.165) is 15.4 Å². The van der Waals surface area contributed by atoms with Crippen molar-refractivity contribution in [2.24, 2.45) is 0 Å². The minimum absolute atomic E-state index is 0.395. The molecule has 0 spiro atoms. The number of carbonyl (C=O) groups excluding carboxylic acids is 1. The van der Waals surface area contributed by atoms with Gasteiger partial charge < -0.3 is 14.5 Å².